The molecule has 158 valence electrons. The zero-order chi connectivity index (χ0) is 21.7. The fraction of sp³-hybridized carbons (Fsp3) is 0.286. The number of benzene rings is 2. The first-order valence-electron chi connectivity index (χ1n) is 9.19. The van der Waals surface area contributed by atoms with Gasteiger partial charge in [0.15, 0.2) is 0 Å². The van der Waals surface area contributed by atoms with Crippen LogP contribution in [0.1, 0.15) is 38.3 Å². The molecule has 0 atom stereocenters. The molecule has 30 heavy (non-hydrogen) atoms. The minimum atomic E-state index is -4.36. The van der Waals surface area contributed by atoms with E-state index in [4.69, 9.17) is 0 Å². The van der Waals surface area contributed by atoms with Gasteiger partial charge in [0.05, 0.1) is 17.7 Å². The summed E-state index contributed by atoms with van der Waals surface area (Å²) in [6.07, 6.45) is -4.40. The van der Waals surface area contributed by atoms with E-state index < -0.39 is 24.6 Å². The fourth-order valence-corrected chi connectivity index (χ4v) is 2.98. The molecule has 0 saturated heterocycles. The number of hydrogen-bond donors (Lipinski definition) is 1. The van der Waals surface area contributed by atoms with Crippen molar-refractivity contribution in [3.8, 4) is 0 Å². The lowest BCUT2D eigenvalue weighted by Crippen LogP contribution is -2.34. The van der Waals surface area contributed by atoms with E-state index in [2.05, 4.69) is 10.1 Å². The molecule has 9 heteroatoms. The number of alkyl halides is 3. The van der Waals surface area contributed by atoms with E-state index in [0.29, 0.717) is 16.7 Å². The van der Waals surface area contributed by atoms with Gasteiger partial charge in [-0.2, -0.15) is 13.2 Å². The Kier molecular flexibility index (Phi) is 6.51. The predicted molar refractivity (Wildman–Crippen MR) is 100 cm³/mol. The Morgan fingerprint density at radius 1 is 0.933 bits per heavy atom. The van der Waals surface area contributed by atoms with E-state index in [0.717, 1.165) is 10.5 Å². The van der Waals surface area contributed by atoms with Crippen LogP contribution in [0.25, 0.3) is 0 Å². The molecule has 0 spiro atoms. The number of carbonyl (C=O) groups is 3. The number of carbonyl (C=O) groups excluding carboxylic acids is 3. The van der Waals surface area contributed by atoms with Gasteiger partial charge in [0.1, 0.15) is 6.61 Å². The third kappa shape index (κ3) is 5.44. The van der Waals surface area contributed by atoms with Gasteiger partial charge < -0.3 is 10.1 Å². The second kappa shape index (κ2) is 9.08. The van der Waals surface area contributed by atoms with Gasteiger partial charge in [-0.15, -0.1) is 0 Å². The van der Waals surface area contributed by atoms with E-state index in [1.807, 2.05) is 0 Å². The Labute approximate surface area is 170 Å². The lowest BCUT2D eigenvalue weighted by Gasteiger charge is -2.13. The molecule has 2 aromatic rings. The van der Waals surface area contributed by atoms with Crippen molar-refractivity contribution in [2.45, 2.75) is 25.7 Å². The number of hydrogen-bond acceptors (Lipinski definition) is 4. The second-order valence-corrected chi connectivity index (χ2v) is 6.76. The first kappa shape index (κ1) is 21.5. The summed E-state index contributed by atoms with van der Waals surface area (Å²) in [6.45, 7) is -1.28. The summed E-state index contributed by atoms with van der Waals surface area (Å²) in [5.41, 5.74) is 2.01. The van der Waals surface area contributed by atoms with Gasteiger partial charge in [-0.05, 0) is 23.3 Å². The highest BCUT2D eigenvalue weighted by Crippen LogP contribution is 2.22. The lowest BCUT2D eigenvalue weighted by molar-refractivity contribution is -0.176. The van der Waals surface area contributed by atoms with E-state index in [1.54, 1.807) is 48.5 Å². The quantitative estimate of drug-likeness (QED) is 0.666. The van der Waals surface area contributed by atoms with Crippen LogP contribution in [0.15, 0.2) is 48.5 Å². The molecule has 0 saturated carbocycles. The molecule has 2 aromatic carbocycles. The number of fused-ring (bicyclic) bond motifs is 1. The number of amides is 3. The average molecular weight is 420 g/mol. The summed E-state index contributed by atoms with van der Waals surface area (Å²) >= 11 is 0. The van der Waals surface area contributed by atoms with Crippen molar-refractivity contribution < 1.29 is 32.3 Å². The highest BCUT2D eigenvalue weighted by atomic mass is 19.4. The molecule has 0 bridgehead atoms. The van der Waals surface area contributed by atoms with E-state index in [-0.39, 0.29) is 32.0 Å². The van der Waals surface area contributed by atoms with Crippen molar-refractivity contribution in [1.82, 2.24) is 10.2 Å². The molecule has 1 aliphatic rings. The molecular formula is C21H19F3N2O4. The Hall–Kier alpha value is -3.20. The third-order valence-electron chi connectivity index (χ3n) is 4.49. The average Bonchev–Trinajstić information content (AvgIpc) is 2.95. The van der Waals surface area contributed by atoms with Crippen LogP contribution in [0.3, 0.4) is 0 Å². The Morgan fingerprint density at radius 3 is 2.07 bits per heavy atom. The number of rotatable bonds is 8. The highest BCUT2D eigenvalue weighted by Gasteiger charge is 2.34. The van der Waals surface area contributed by atoms with Crippen molar-refractivity contribution in [3.63, 3.8) is 0 Å². The second-order valence-electron chi connectivity index (χ2n) is 6.76. The Bertz CT molecular complexity index is 907. The molecule has 1 N–H and O–H groups in total. The SMILES string of the molecule is O=C(CCN1C(=O)c2ccccc2C1=O)NCc1ccc(COCC(F)(F)F)cc1. The van der Waals surface area contributed by atoms with Crippen molar-refractivity contribution in [3.05, 3.63) is 70.8 Å². The summed E-state index contributed by atoms with van der Waals surface area (Å²) in [4.78, 5) is 37.7. The van der Waals surface area contributed by atoms with Crippen LogP contribution in [0.4, 0.5) is 13.2 Å². The molecule has 1 heterocycles. The summed E-state index contributed by atoms with van der Waals surface area (Å²) in [7, 11) is 0. The molecule has 0 aromatic heterocycles. The van der Waals surface area contributed by atoms with Crippen molar-refractivity contribution in [2.75, 3.05) is 13.2 Å². The zero-order valence-corrected chi connectivity index (χ0v) is 15.9. The van der Waals surface area contributed by atoms with E-state index in [9.17, 15) is 27.6 Å². The van der Waals surface area contributed by atoms with Gasteiger partial charge in [-0.1, -0.05) is 36.4 Å². The summed E-state index contributed by atoms with van der Waals surface area (Å²) in [5, 5.41) is 2.69. The number of nitrogens with one attached hydrogen (secondary N) is 1. The molecule has 6 nitrogen and oxygen atoms in total. The topological polar surface area (TPSA) is 75.7 Å². The maximum atomic E-state index is 12.3. The summed E-state index contributed by atoms with van der Waals surface area (Å²) in [6, 6.07) is 13.1. The summed E-state index contributed by atoms with van der Waals surface area (Å²) < 4.78 is 40.8. The maximum absolute atomic E-state index is 12.3. The molecule has 3 amide bonds. The molecule has 0 aliphatic carbocycles. The highest BCUT2D eigenvalue weighted by molar-refractivity contribution is 6.21. The Morgan fingerprint density at radius 2 is 1.50 bits per heavy atom. The molecule has 0 unspecified atom stereocenters. The molecule has 0 fully saturated rings. The molecular weight excluding hydrogens is 401 g/mol. The number of ether oxygens (including phenoxy) is 1. The molecule has 3 rings (SSSR count). The van der Waals surface area contributed by atoms with Gasteiger partial charge >= 0.3 is 6.18 Å². The standard InChI is InChI=1S/C21H19F3N2O4/c22-21(23,24)13-30-12-15-7-5-14(6-8-15)11-25-18(27)9-10-26-19(28)16-3-1-2-4-17(16)20(26)29/h1-8H,9-13H2,(H,25,27). The lowest BCUT2D eigenvalue weighted by atomic mass is 10.1. The minimum Gasteiger partial charge on any atom is -0.367 e. The van der Waals surface area contributed by atoms with Gasteiger partial charge in [0, 0.05) is 19.5 Å². The van der Waals surface area contributed by atoms with Crippen LogP contribution in [0, 0.1) is 0 Å². The molecule has 1 aliphatic heterocycles. The zero-order valence-electron chi connectivity index (χ0n) is 15.9. The maximum Gasteiger partial charge on any atom is 0.411 e. The van der Waals surface area contributed by atoms with Crippen LogP contribution >= 0.6 is 0 Å². The van der Waals surface area contributed by atoms with Crippen LogP contribution in [-0.4, -0.2) is 41.9 Å². The smallest absolute Gasteiger partial charge is 0.367 e. The Balaban J connectivity index is 1.42. The minimum absolute atomic E-state index is 0.0202. The van der Waals surface area contributed by atoms with Crippen LogP contribution < -0.4 is 5.32 Å². The van der Waals surface area contributed by atoms with Crippen molar-refractivity contribution in [2.24, 2.45) is 0 Å². The van der Waals surface area contributed by atoms with Gasteiger partial charge in [0.2, 0.25) is 5.91 Å². The van der Waals surface area contributed by atoms with Gasteiger partial charge in [0.25, 0.3) is 11.8 Å². The first-order chi connectivity index (χ1) is 14.2. The van der Waals surface area contributed by atoms with Gasteiger partial charge in [-0.25, -0.2) is 0 Å². The van der Waals surface area contributed by atoms with Crippen LogP contribution in [-0.2, 0) is 22.7 Å². The monoisotopic (exact) mass is 420 g/mol. The number of nitrogens with zero attached hydrogens (tertiary/aromatic N) is 1. The molecule has 0 radical (unpaired) electrons. The fourth-order valence-electron chi connectivity index (χ4n) is 2.98. The number of imide groups is 1. The van der Waals surface area contributed by atoms with E-state index in [1.165, 1.54) is 0 Å². The predicted octanol–water partition coefficient (Wildman–Crippen LogP) is 3.07. The normalized spacial score (nSPS) is 13.5. The van der Waals surface area contributed by atoms with Gasteiger partial charge in [-0.3, -0.25) is 19.3 Å². The first-order valence-corrected chi connectivity index (χ1v) is 9.19. The van der Waals surface area contributed by atoms with Crippen molar-refractivity contribution >= 4 is 17.7 Å². The van der Waals surface area contributed by atoms with Crippen LogP contribution in [0.2, 0.25) is 0 Å². The number of halogens is 3. The summed E-state index contributed by atoms with van der Waals surface area (Å²) in [5.74, 6) is -1.15. The third-order valence-corrected chi connectivity index (χ3v) is 4.49. The van der Waals surface area contributed by atoms with E-state index >= 15 is 0 Å². The van der Waals surface area contributed by atoms with Crippen LogP contribution in [0.5, 0.6) is 0 Å². The largest absolute Gasteiger partial charge is 0.411 e. The van der Waals surface area contributed by atoms with Crippen molar-refractivity contribution in [1.29, 1.82) is 0 Å².